The van der Waals surface area contributed by atoms with E-state index >= 15 is 0 Å². The molecule has 2 N–H and O–H groups in total. The molecule has 2 unspecified atom stereocenters. The summed E-state index contributed by atoms with van der Waals surface area (Å²) in [4.78, 5) is 23.0. The molecule has 0 spiro atoms. The van der Waals surface area contributed by atoms with Gasteiger partial charge >= 0.3 is 5.97 Å². The number of amides is 1. The predicted octanol–water partition coefficient (Wildman–Crippen LogP) is 0.571. The maximum Gasteiger partial charge on any atom is 0.328 e. The molecule has 1 heterocycles. The van der Waals surface area contributed by atoms with E-state index in [1.165, 1.54) is 7.11 Å². The molecule has 1 rings (SSSR count). The summed E-state index contributed by atoms with van der Waals surface area (Å²) in [7, 11) is 1.33. The summed E-state index contributed by atoms with van der Waals surface area (Å²) in [5, 5.41) is 5.99. The van der Waals surface area contributed by atoms with Crippen LogP contribution in [0.3, 0.4) is 0 Å². The van der Waals surface area contributed by atoms with Gasteiger partial charge in [0.25, 0.3) is 0 Å². The molecule has 1 fully saturated rings. The van der Waals surface area contributed by atoms with Gasteiger partial charge in [-0.15, -0.1) is 12.4 Å². The molecule has 18 heavy (non-hydrogen) atoms. The van der Waals surface area contributed by atoms with Crippen LogP contribution in [0.4, 0.5) is 0 Å². The molecule has 0 aliphatic carbocycles. The molecule has 2 atom stereocenters. The van der Waals surface area contributed by atoms with Crippen molar-refractivity contribution in [1.29, 1.82) is 0 Å². The molecule has 1 aliphatic rings. The fourth-order valence-electron chi connectivity index (χ4n) is 1.70. The Hall–Kier alpha value is -0.460. The summed E-state index contributed by atoms with van der Waals surface area (Å²) < 4.78 is 4.62. The van der Waals surface area contributed by atoms with Crippen LogP contribution in [-0.4, -0.2) is 49.1 Å². The van der Waals surface area contributed by atoms with Gasteiger partial charge in [0.05, 0.1) is 7.11 Å². The van der Waals surface area contributed by atoms with Crippen molar-refractivity contribution in [3.8, 4) is 0 Å². The minimum atomic E-state index is -0.524. The first-order valence-corrected chi connectivity index (χ1v) is 7.01. The van der Waals surface area contributed by atoms with E-state index in [9.17, 15) is 9.59 Å². The molecule has 1 amide bonds. The fourth-order valence-corrected chi connectivity index (χ4v) is 2.65. The van der Waals surface area contributed by atoms with Gasteiger partial charge in [-0.25, -0.2) is 4.79 Å². The molecule has 5 nitrogen and oxygen atoms in total. The van der Waals surface area contributed by atoms with Crippen LogP contribution < -0.4 is 10.6 Å². The highest BCUT2D eigenvalue weighted by molar-refractivity contribution is 7.99. The monoisotopic (exact) mass is 296 g/mol. The summed E-state index contributed by atoms with van der Waals surface area (Å²) in [6.45, 7) is 2.79. The van der Waals surface area contributed by atoms with Gasteiger partial charge in [0.1, 0.15) is 6.04 Å². The van der Waals surface area contributed by atoms with Crippen molar-refractivity contribution in [3.63, 3.8) is 0 Å². The van der Waals surface area contributed by atoms with Crippen molar-refractivity contribution in [2.24, 2.45) is 0 Å². The van der Waals surface area contributed by atoms with Gasteiger partial charge in [-0.2, -0.15) is 11.8 Å². The molecule has 0 aromatic heterocycles. The van der Waals surface area contributed by atoms with Gasteiger partial charge in [-0.05, 0) is 6.42 Å². The number of carbonyl (C=O) groups excluding carboxylic acids is 2. The van der Waals surface area contributed by atoms with Crippen molar-refractivity contribution < 1.29 is 14.3 Å². The van der Waals surface area contributed by atoms with Gasteiger partial charge < -0.3 is 15.4 Å². The van der Waals surface area contributed by atoms with Gasteiger partial charge in [0, 0.05) is 30.5 Å². The second-order valence-corrected chi connectivity index (χ2v) is 5.13. The SMILES string of the molecule is CCC(NC(=O)CC1CSCCN1)C(=O)OC.Cl. The number of rotatable bonds is 5. The van der Waals surface area contributed by atoms with Gasteiger partial charge in [-0.1, -0.05) is 6.92 Å². The van der Waals surface area contributed by atoms with E-state index in [0.29, 0.717) is 12.8 Å². The Morgan fingerprint density at radius 2 is 2.28 bits per heavy atom. The molecule has 0 bridgehead atoms. The number of thioether (sulfide) groups is 1. The van der Waals surface area contributed by atoms with Crippen LogP contribution in [0, 0.1) is 0 Å². The third-order valence-corrected chi connectivity index (χ3v) is 3.79. The van der Waals surface area contributed by atoms with E-state index in [-0.39, 0.29) is 30.3 Å². The molecule has 0 aromatic carbocycles. The van der Waals surface area contributed by atoms with Crippen LogP contribution >= 0.6 is 24.2 Å². The van der Waals surface area contributed by atoms with Gasteiger partial charge in [0.15, 0.2) is 0 Å². The van der Waals surface area contributed by atoms with E-state index in [0.717, 1.165) is 18.1 Å². The first kappa shape index (κ1) is 17.5. The molecule has 7 heteroatoms. The summed E-state index contributed by atoms with van der Waals surface area (Å²) in [6.07, 6.45) is 0.964. The normalized spacial score (nSPS) is 20.4. The topological polar surface area (TPSA) is 67.4 Å². The third kappa shape index (κ3) is 5.93. The first-order chi connectivity index (χ1) is 8.17. The van der Waals surface area contributed by atoms with Gasteiger partial charge in [0.2, 0.25) is 5.91 Å². The lowest BCUT2D eigenvalue weighted by Crippen LogP contribution is -2.45. The number of hydrogen-bond donors (Lipinski definition) is 2. The average molecular weight is 297 g/mol. The molecule has 0 saturated carbocycles. The number of carbonyl (C=O) groups is 2. The van der Waals surface area contributed by atoms with Crippen molar-refractivity contribution in [1.82, 2.24) is 10.6 Å². The smallest absolute Gasteiger partial charge is 0.328 e. The van der Waals surface area contributed by atoms with Crippen molar-refractivity contribution in [2.45, 2.75) is 31.8 Å². The second kappa shape index (κ2) is 9.47. The number of hydrogen-bond acceptors (Lipinski definition) is 5. The highest BCUT2D eigenvalue weighted by Crippen LogP contribution is 2.10. The van der Waals surface area contributed by atoms with Crippen LogP contribution in [-0.2, 0) is 14.3 Å². The lowest BCUT2D eigenvalue weighted by atomic mass is 10.2. The molecule has 1 saturated heterocycles. The molecule has 0 aromatic rings. The number of esters is 1. The summed E-state index contributed by atoms with van der Waals surface area (Å²) in [6, 6.07) is -0.312. The largest absolute Gasteiger partial charge is 0.467 e. The Labute approximate surface area is 118 Å². The number of ether oxygens (including phenoxy) is 1. The fraction of sp³-hybridized carbons (Fsp3) is 0.818. The Morgan fingerprint density at radius 3 is 2.78 bits per heavy atom. The zero-order valence-electron chi connectivity index (χ0n) is 10.7. The lowest BCUT2D eigenvalue weighted by molar-refractivity contribution is -0.145. The molecular formula is C11H21ClN2O3S. The Morgan fingerprint density at radius 1 is 1.56 bits per heavy atom. The highest BCUT2D eigenvalue weighted by atomic mass is 35.5. The Bertz CT molecular complexity index is 273. The van der Waals surface area contributed by atoms with E-state index in [4.69, 9.17) is 0 Å². The number of methoxy groups -OCH3 is 1. The minimum absolute atomic E-state index is 0. The average Bonchev–Trinajstić information content (AvgIpc) is 2.36. The lowest BCUT2D eigenvalue weighted by Gasteiger charge is -2.23. The van der Waals surface area contributed by atoms with Crippen molar-refractivity contribution in [3.05, 3.63) is 0 Å². The highest BCUT2D eigenvalue weighted by Gasteiger charge is 2.22. The van der Waals surface area contributed by atoms with Crippen molar-refractivity contribution >= 4 is 36.0 Å². The zero-order valence-corrected chi connectivity index (χ0v) is 12.4. The van der Waals surface area contributed by atoms with Crippen LogP contribution in [0.2, 0.25) is 0 Å². The van der Waals surface area contributed by atoms with E-state index in [1.54, 1.807) is 0 Å². The van der Waals surface area contributed by atoms with Crippen LogP contribution in [0.5, 0.6) is 0 Å². The molecule has 0 radical (unpaired) electrons. The summed E-state index contributed by atoms with van der Waals surface area (Å²) in [5.41, 5.74) is 0. The maximum atomic E-state index is 11.7. The Kier molecular flexibility index (Phi) is 9.23. The number of halogens is 1. The summed E-state index contributed by atoms with van der Waals surface area (Å²) >= 11 is 1.85. The first-order valence-electron chi connectivity index (χ1n) is 5.85. The van der Waals surface area contributed by atoms with Gasteiger partial charge in [-0.3, -0.25) is 4.79 Å². The quantitative estimate of drug-likeness (QED) is 0.726. The molecule has 106 valence electrons. The van der Waals surface area contributed by atoms with Crippen molar-refractivity contribution in [2.75, 3.05) is 25.2 Å². The predicted molar refractivity (Wildman–Crippen MR) is 75.2 cm³/mol. The minimum Gasteiger partial charge on any atom is -0.467 e. The van der Waals surface area contributed by atoms with E-state index < -0.39 is 6.04 Å². The van der Waals surface area contributed by atoms with Crippen LogP contribution in [0.15, 0.2) is 0 Å². The maximum absolute atomic E-state index is 11.7. The van der Waals surface area contributed by atoms with Crippen LogP contribution in [0.25, 0.3) is 0 Å². The van der Waals surface area contributed by atoms with Crippen LogP contribution in [0.1, 0.15) is 19.8 Å². The van der Waals surface area contributed by atoms with E-state index in [2.05, 4.69) is 15.4 Å². The second-order valence-electron chi connectivity index (χ2n) is 3.98. The Balaban J connectivity index is 0.00000289. The number of nitrogens with one attached hydrogen (secondary N) is 2. The van der Waals surface area contributed by atoms with E-state index in [1.807, 2.05) is 18.7 Å². The zero-order chi connectivity index (χ0) is 12.7. The summed E-state index contributed by atoms with van der Waals surface area (Å²) in [5.74, 6) is 1.56. The third-order valence-electron chi connectivity index (χ3n) is 2.66. The molecular weight excluding hydrogens is 276 g/mol. The standard InChI is InChI=1S/C11H20N2O3S.ClH/c1-3-9(11(15)16-2)13-10(14)6-8-7-17-5-4-12-8;/h8-9,12H,3-7H2,1-2H3,(H,13,14);1H. The molecule has 1 aliphatic heterocycles.